The van der Waals surface area contributed by atoms with E-state index in [9.17, 15) is 14.4 Å². The van der Waals surface area contributed by atoms with Crippen LogP contribution in [0, 0.1) is 5.92 Å². The molecule has 0 aromatic heterocycles. The third-order valence-corrected chi connectivity index (χ3v) is 3.42. The summed E-state index contributed by atoms with van der Waals surface area (Å²) < 4.78 is 5.52. The zero-order valence-electron chi connectivity index (χ0n) is 12.7. The highest BCUT2D eigenvalue weighted by Gasteiger charge is 2.34. The van der Waals surface area contributed by atoms with Crippen molar-refractivity contribution in [2.45, 2.75) is 33.1 Å². The number of aryl methyl sites for hydroxylation is 1. The predicted molar refractivity (Wildman–Crippen MR) is 77.7 cm³/mol. The maximum Gasteiger partial charge on any atom is 0.339 e. The van der Waals surface area contributed by atoms with E-state index in [0.29, 0.717) is 10.8 Å². The van der Waals surface area contributed by atoms with Gasteiger partial charge >= 0.3 is 5.97 Å². The second-order valence-electron chi connectivity index (χ2n) is 5.20. The molecule has 6 heteroatoms. The van der Waals surface area contributed by atoms with Gasteiger partial charge in [0.15, 0.2) is 0 Å². The molecule has 0 saturated carbocycles. The molecule has 0 aliphatic carbocycles. The summed E-state index contributed by atoms with van der Waals surface area (Å²) in [7, 11) is 0. The SMILES string of the molecule is CCc1ccc(OCC(C)C(=O)ON2C(=O)CCC2=O)cc1. The summed E-state index contributed by atoms with van der Waals surface area (Å²) in [6, 6.07) is 7.59. The van der Waals surface area contributed by atoms with E-state index in [4.69, 9.17) is 9.57 Å². The molecule has 1 atom stereocenters. The molecule has 1 aromatic carbocycles. The van der Waals surface area contributed by atoms with Crippen LogP contribution in [0.25, 0.3) is 0 Å². The first-order valence-corrected chi connectivity index (χ1v) is 7.30. The summed E-state index contributed by atoms with van der Waals surface area (Å²) in [5.41, 5.74) is 1.20. The summed E-state index contributed by atoms with van der Waals surface area (Å²) in [5, 5.41) is 0.550. The van der Waals surface area contributed by atoms with E-state index >= 15 is 0 Å². The van der Waals surface area contributed by atoms with Gasteiger partial charge in [0.05, 0.1) is 5.92 Å². The van der Waals surface area contributed by atoms with Crippen molar-refractivity contribution in [1.82, 2.24) is 5.06 Å². The summed E-state index contributed by atoms with van der Waals surface area (Å²) in [6.45, 7) is 3.79. The lowest BCUT2D eigenvalue weighted by Gasteiger charge is -2.16. The number of imide groups is 1. The number of hydrogen-bond acceptors (Lipinski definition) is 5. The van der Waals surface area contributed by atoms with Gasteiger partial charge in [-0.15, -0.1) is 5.06 Å². The summed E-state index contributed by atoms with van der Waals surface area (Å²) in [5.74, 6) is -1.56. The fourth-order valence-corrected chi connectivity index (χ4v) is 1.95. The molecule has 0 radical (unpaired) electrons. The van der Waals surface area contributed by atoms with E-state index in [-0.39, 0.29) is 19.4 Å². The van der Waals surface area contributed by atoms with Crippen molar-refractivity contribution in [3.05, 3.63) is 29.8 Å². The molecule has 1 saturated heterocycles. The van der Waals surface area contributed by atoms with Gasteiger partial charge in [0, 0.05) is 12.8 Å². The third kappa shape index (κ3) is 3.84. The van der Waals surface area contributed by atoms with Crippen molar-refractivity contribution >= 4 is 17.8 Å². The van der Waals surface area contributed by atoms with E-state index in [2.05, 4.69) is 6.92 Å². The van der Waals surface area contributed by atoms with Crippen LogP contribution in [0.1, 0.15) is 32.3 Å². The van der Waals surface area contributed by atoms with Gasteiger partial charge in [0.2, 0.25) is 0 Å². The number of carbonyl (C=O) groups excluding carboxylic acids is 3. The smallest absolute Gasteiger partial charge is 0.339 e. The second-order valence-corrected chi connectivity index (χ2v) is 5.20. The van der Waals surface area contributed by atoms with E-state index < -0.39 is 23.7 Å². The van der Waals surface area contributed by atoms with Gasteiger partial charge < -0.3 is 9.57 Å². The Kier molecular flexibility index (Phi) is 5.14. The number of benzene rings is 1. The van der Waals surface area contributed by atoms with Crippen molar-refractivity contribution < 1.29 is 24.0 Å². The van der Waals surface area contributed by atoms with Gasteiger partial charge in [-0.25, -0.2) is 4.79 Å². The van der Waals surface area contributed by atoms with Crippen molar-refractivity contribution in [2.75, 3.05) is 6.61 Å². The van der Waals surface area contributed by atoms with Crippen LogP contribution in [0.4, 0.5) is 0 Å². The molecule has 1 heterocycles. The Bertz CT molecular complexity index is 550. The molecule has 6 nitrogen and oxygen atoms in total. The standard InChI is InChI=1S/C16H19NO5/c1-3-12-4-6-13(7-5-12)21-10-11(2)16(20)22-17-14(18)8-9-15(17)19/h4-7,11H,3,8-10H2,1-2H3. The van der Waals surface area contributed by atoms with Crippen LogP contribution in [0.2, 0.25) is 0 Å². The van der Waals surface area contributed by atoms with Crippen LogP contribution >= 0.6 is 0 Å². The number of carbonyl (C=O) groups is 3. The summed E-state index contributed by atoms with van der Waals surface area (Å²) >= 11 is 0. The molecule has 0 spiro atoms. The maximum absolute atomic E-state index is 11.9. The Morgan fingerprint density at radius 2 is 1.77 bits per heavy atom. The van der Waals surface area contributed by atoms with E-state index in [0.717, 1.165) is 6.42 Å². The number of nitrogens with zero attached hydrogens (tertiary/aromatic N) is 1. The van der Waals surface area contributed by atoms with Gasteiger partial charge in [-0.3, -0.25) is 9.59 Å². The molecule has 2 rings (SSSR count). The van der Waals surface area contributed by atoms with Crippen LogP contribution in [0.15, 0.2) is 24.3 Å². The number of rotatable bonds is 6. The highest BCUT2D eigenvalue weighted by Crippen LogP contribution is 2.16. The molecule has 0 N–H and O–H groups in total. The second kappa shape index (κ2) is 7.06. The fraction of sp³-hybridized carbons (Fsp3) is 0.438. The average molecular weight is 305 g/mol. The van der Waals surface area contributed by atoms with Crippen molar-refractivity contribution in [1.29, 1.82) is 0 Å². The Balaban J connectivity index is 1.83. The Hall–Kier alpha value is -2.37. The minimum atomic E-state index is -0.659. The van der Waals surface area contributed by atoms with Crippen molar-refractivity contribution in [3.63, 3.8) is 0 Å². The largest absolute Gasteiger partial charge is 0.493 e. The molecule has 1 aliphatic heterocycles. The molecular formula is C16H19NO5. The van der Waals surface area contributed by atoms with E-state index in [1.807, 2.05) is 24.3 Å². The van der Waals surface area contributed by atoms with Gasteiger partial charge in [-0.1, -0.05) is 19.1 Å². The number of hydroxylamine groups is 2. The summed E-state index contributed by atoms with van der Waals surface area (Å²) in [4.78, 5) is 39.5. The minimum absolute atomic E-state index is 0.0841. The molecule has 0 bridgehead atoms. The Morgan fingerprint density at radius 1 is 1.18 bits per heavy atom. The van der Waals surface area contributed by atoms with Gasteiger partial charge in [0.1, 0.15) is 12.4 Å². The molecule has 118 valence electrons. The van der Waals surface area contributed by atoms with Crippen molar-refractivity contribution in [3.8, 4) is 5.75 Å². The van der Waals surface area contributed by atoms with E-state index in [1.54, 1.807) is 6.92 Å². The fourth-order valence-electron chi connectivity index (χ4n) is 1.95. The van der Waals surface area contributed by atoms with Crippen LogP contribution < -0.4 is 4.74 Å². The lowest BCUT2D eigenvalue weighted by atomic mass is 10.2. The zero-order valence-corrected chi connectivity index (χ0v) is 12.7. The highest BCUT2D eigenvalue weighted by molar-refractivity contribution is 6.01. The van der Waals surface area contributed by atoms with Crippen LogP contribution in [0.5, 0.6) is 5.75 Å². The molecule has 1 aromatic rings. The lowest BCUT2D eigenvalue weighted by molar-refractivity contribution is -0.200. The normalized spacial score (nSPS) is 15.8. The molecular weight excluding hydrogens is 286 g/mol. The predicted octanol–water partition coefficient (Wildman–Crippen LogP) is 1.87. The average Bonchev–Trinajstić information content (AvgIpc) is 2.84. The van der Waals surface area contributed by atoms with Crippen LogP contribution in [0.3, 0.4) is 0 Å². The van der Waals surface area contributed by atoms with E-state index in [1.165, 1.54) is 5.56 Å². The van der Waals surface area contributed by atoms with Gasteiger partial charge in [0.25, 0.3) is 11.8 Å². The topological polar surface area (TPSA) is 72.9 Å². The molecule has 2 amide bonds. The number of hydrogen-bond donors (Lipinski definition) is 0. The summed E-state index contributed by atoms with van der Waals surface area (Å²) in [6.07, 6.45) is 1.11. The monoisotopic (exact) mass is 305 g/mol. The van der Waals surface area contributed by atoms with Gasteiger partial charge in [-0.2, -0.15) is 0 Å². The quantitative estimate of drug-likeness (QED) is 0.750. The first-order chi connectivity index (χ1) is 10.5. The Morgan fingerprint density at radius 3 is 2.32 bits per heavy atom. The molecule has 22 heavy (non-hydrogen) atoms. The van der Waals surface area contributed by atoms with Crippen LogP contribution in [-0.4, -0.2) is 29.5 Å². The third-order valence-electron chi connectivity index (χ3n) is 3.42. The number of amides is 2. The lowest BCUT2D eigenvalue weighted by Crippen LogP contribution is -2.35. The molecule has 1 aliphatic rings. The molecule has 1 fully saturated rings. The first kappa shape index (κ1) is 16.0. The Labute approximate surface area is 129 Å². The number of ether oxygens (including phenoxy) is 1. The highest BCUT2D eigenvalue weighted by atomic mass is 16.7. The van der Waals surface area contributed by atoms with Crippen LogP contribution in [-0.2, 0) is 25.6 Å². The maximum atomic E-state index is 11.9. The zero-order chi connectivity index (χ0) is 16.1. The van der Waals surface area contributed by atoms with Gasteiger partial charge in [-0.05, 0) is 31.0 Å². The van der Waals surface area contributed by atoms with Crippen molar-refractivity contribution in [2.24, 2.45) is 5.92 Å². The molecule has 1 unspecified atom stereocenters. The first-order valence-electron chi connectivity index (χ1n) is 7.30. The minimum Gasteiger partial charge on any atom is -0.493 e.